The van der Waals surface area contributed by atoms with Crippen LogP contribution in [0.15, 0.2) is 42.5 Å². The Morgan fingerprint density at radius 1 is 1.09 bits per heavy atom. The van der Waals surface area contributed by atoms with E-state index in [-0.39, 0.29) is 5.91 Å². The molecule has 2 aliphatic rings. The molecule has 0 spiro atoms. The van der Waals surface area contributed by atoms with Gasteiger partial charge >= 0.3 is 0 Å². The zero-order valence-electron chi connectivity index (χ0n) is 19.8. The lowest BCUT2D eigenvalue weighted by molar-refractivity contribution is 0.00588. The van der Waals surface area contributed by atoms with E-state index in [4.69, 9.17) is 9.47 Å². The molecule has 1 fully saturated rings. The van der Waals surface area contributed by atoms with E-state index in [0.29, 0.717) is 50.8 Å². The smallest absolute Gasteiger partial charge is 0.254 e. The van der Waals surface area contributed by atoms with Crippen LogP contribution in [0.25, 0.3) is 0 Å². The monoisotopic (exact) mass is 452 g/mol. The van der Waals surface area contributed by atoms with Gasteiger partial charge in [0.25, 0.3) is 5.91 Å². The second-order valence-electron chi connectivity index (χ2n) is 9.60. The van der Waals surface area contributed by atoms with Crippen LogP contribution in [0.3, 0.4) is 0 Å². The summed E-state index contributed by atoms with van der Waals surface area (Å²) in [6, 6.07) is 14.4. The van der Waals surface area contributed by atoms with Gasteiger partial charge in [0.15, 0.2) is 0 Å². The van der Waals surface area contributed by atoms with E-state index in [1.165, 1.54) is 17.5 Å². The number of hydrogen-bond donors (Lipinski definition) is 1. The summed E-state index contributed by atoms with van der Waals surface area (Å²) >= 11 is 0. The minimum atomic E-state index is -0.405. The number of aliphatic hydroxyl groups is 1. The van der Waals surface area contributed by atoms with E-state index >= 15 is 0 Å². The second kappa shape index (κ2) is 11.1. The lowest BCUT2D eigenvalue weighted by Crippen LogP contribution is -2.53. The fourth-order valence-corrected chi connectivity index (χ4v) is 4.33. The normalized spacial score (nSPS) is 18.2. The average Bonchev–Trinajstić information content (AvgIpc) is 2.77. The molecule has 2 aromatic rings. The number of hydrogen-bond acceptors (Lipinski definition) is 5. The van der Waals surface area contributed by atoms with Gasteiger partial charge < -0.3 is 19.5 Å². The SMILES string of the molecule is CC(C)CCN1CCOCCOc2ccc(C(=O)N3CC(O)C3)cc2Cc2cccc(c2)C1. The maximum absolute atomic E-state index is 12.8. The number of likely N-dealkylation sites (tertiary alicyclic amines) is 1. The maximum atomic E-state index is 12.8. The molecule has 2 heterocycles. The summed E-state index contributed by atoms with van der Waals surface area (Å²) in [5.74, 6) is 1.42. The number of β-amino-alcohol motifs (C(OH)–C–C–N with tert-alkyl or cyclic N) is 1. The van der Waals surface area contributed by atoms with Crippen LogP contribution in [-0.2, 0) is 17.7 Å². The van der Waals surface area contributed by atoms with Crippen LogP contribution in [0.1, 0.15) is 47.3 Å². The van der Waals surface area contributed by atoms with Crippen molar-refractivity contribution in [2.24, 2.45) is 5.92 Å². The fraction of sp³-hybridized carbons (Fsp3) is 0.519. The molecule has 4 rings (SSSR count). The van der Waals surface area contributed by atoms with Crippen LogP contribution in [0.4, 0.5) is 0 Å². The Hall–Kier alpha value is -2.41. The van der Waals surface area contributed by atoms with Gasteiger partial charge in [-0.2, -0.15) is 0 Å². The van der Waals surface area contributed by atoms with Gasteiger partial charge in [0.1, 0.15) is 12.4 Å². The van der Waals surface area contributed by atoms with Gasteiger partial charge in [-0.05, 0) is 53.8 Å². The summed E-state index contributed by atoms with van der Waals surface area (Å²) < 4.78 is 11.9. The summed E-state index contributed by atoms with van der Waals surface area (Å²) in [5, 5.41) is 9.55. The molecule has 0 radical (unpaired) electrons. The number of carbonyl (C=O) groups is 1. The van der Waals surface area contributed by atoms with E-state index in [1.54, 1.807) is 4.90 Å². The highest BCUT2D eigenvalue weighted by atomic mass is 16.5. The molecule has 0 atom stereocenters. The Morgan fingerprint density at radius 2 is 1.91 bits per heavy atom. The number of fused-ring (bicyclic) bond motifs is 3. The van der Waals surface area contributed by atoms with E-state index in [1.807, 2.05) is 18.2 Å². The van der Waals surface area contributed by atoms with Crippen LogP contribution in [-0.4, -0.2) is 72.9 Å². The molecule has 2 bridgehead atoms. The van der Waals surface area contributed by atoms with Crippen molar-refractivity contribution >= 4 is 5.91 Å². The summed E-state index contributed by atoms with van der Waals surface area (Å²) in [7, 11) is 0. The first-order chi connectivity index (χ1) is 16.0. The van der Waals surface area contributed by atoms with Gasteiger partial charge in [-0.3, -0.25) is 9.69 Å². The molecular weight excluding hydrogens is 416 g/mol. The van der Waals surface area contributed by atoms with Gasteiger partial charge in [0, 0.05) is 38.2 Å². The molecule has 6 nitrogen and oxygen atoms in total. The second-order valence-corrected chi connectivity index (χ2v) is 9.60. The van der Waals surface area contributed by atoms with Crippen molar-refractivity contribution in [1.29, 1.82) is 0 Å². The topological polar surface area (TPSA) is 62.2 Å². The number of nitrogens with zero attached hydrogens (tertiary/aromatic N) is 2. The van der Waals surface area contributed by atoms with Gasteiger partial charge in [-0.1, -0.05) is 38.1 Å². The van der Waals surface area contributed by atoms with Gasteiger partial charge in [-0.25, -0.2) is 0 Å². The van der Waals surface area contributed by atoms with Crippen molar-refractivity contribution in [3.05, 3.63) is 64.7 Å². The standard InChI is InChI=1S/C27H36N2O4/c1-20(2)8-9-28-10-11-32-12-13-33-26-7-6-23(27(31)29-18-25(30)19-29)16-24(26)15-21-4-3-5-22(14-21)17-28/h3-7,14,16,20,25,30H,8-13,15,17-19H2,1-2H3. The molecule has 33 heavy (non-hydrogen) atoms. The predicted molar refractivity (Wildman–Crippen MR) is 129 cm³/mol. The van der Waals surface area contributed by atoms with Crippen LogP contribution in [0.5, 0.6) is 5.75 Å². The molecule has 0 unspecified atom stereocenters. The Morgan fingerprint density at radius 3 is 2.70 bits per heavy atom. The van der Waals surface area contributed by atoms with Crippen molar-refractivity contribution in [3.8, 4) is 5.75 Å². The van der Waals surface area contributed by atoms with Gasteiger partial charge in [0.05, 0.1) is 19.3 Å². The van der Waals surface area contributed by atoms with Crippen molar-refractivity contribution in [2.75, 3.05) is 46.0 Å². The summed E-state index contributed by atoms with van der Waals surface area (Å²) in [5.41, 5.74) is 4.13. The first kappa shape index (κ1) is 23.7. The highest BCUT2D eigenvalue weighted by molar-refractivity contribution is 5.95. The third-order valence-corrected chi connectivity index (χ3v) is 6.31. The summed E-state index contributed by atoms with van der Waals surface area (Å²) in [6.07, 6.45) is 1.46. The van der Waals surface area contributed by atoms with Crippen LogP contribution in [0, 0.1) is 5.92 Å². The van der Waals surface area contributed by atoms with Crippen LogP contribution in [0.2, 0.25) is 0 Å². The van der Waals surface area contributed by atoms with Crippen LogP contribution >= 0.6 is 0 Å². The lowest BCUT2D eigenvalue weighted by atomic mass is 9.99. The third kappa shape index (κ3) is 6.56. The zero-order valence-corrected chi connectivity index (χ0v) is 19.8. The molecule has 1 saturated heterocycles. The predicted octanol–water partition coefficient (Wildman–Crippen LogP) is 3.35. The molecule has 0 aliphatic carbocycles. The summed E-state index contributed by atoms with van der Waals surface area (Å²) in [6.45, 7) is 9.90. The average molecular weight is 453 g/mol. The van der Waals surface area contributed by atoms with E-state index < -0.39 is 6.10 Å². The molecule has 2 aromatic carbocycles. The summed E-state index contributed by atoms with van der Waals surface area (Å²) in [4.78, 5) is 16.9. The van der Waals surface area contributed by atoms with Crippen molar-refractivity contribution in [2.45, 2.75) is 39.3 Å². The highest BCUT2D eigenvalue weighted by Crippen LogP contribution is 2.26. The molecule has 1 amide bonds. The zero-order chi connectivity index (χ0) is 23.2. The number of benzene rings is 2. The Bertz CT molecular complexity index is 939. The van der Waals surface area contributed by atoms with E-state index in [2.05, 4.69) is 43.0 Å². The molecular formula is C27H36N2O4. The Labute approximate surface area is 197 Å². The number of ether oxygens (including phenoxy) is 2. The number of rotatable bonds is 4. The molecule has 0 aromatic heterocycles. The Balaban J connectivity index is 1.56. The molecule has 0 saturated carbocycles. The largest absolute Gasteiger partial charge is 0.491 e. The number of carbonyl (C=O) groups excluding carboxylic acids is 1. The van der Waals surface area contributed by atoms with Crippen molar-refractivity contribution in [3.63, 3.8) is 0 Å². The minimum Gasteiger partial charge on any atom is -0.491 e. The van der Waals surface area contributed by atoms with Crippen LogP contribution < -0.4 is 4.74 Å². The maximum Gasteiger partial charge on any atom is 0.254 e. The quantitative estimate of drug-likeness (QED) is 0.771. The third-order valence-electron chi connectivity index (χ3n) is 6.31. The molecule has 6 heteroatoms. The Kier molecular flexibility index (Phi) is 8.02. The van der Waals surface area contributed by atoms with Gasteiger partial charge in [0.2, 0.25) is 0 Å². The molecule has 1 N–H and O–H groups in total. The highest BCUT2D eigenvalue weighted by Gasteiger charge is 2.29. The van der Waals surface area contributed by atoms with Crippen molar-refractivity contribution in [1.82, 2.24) is 9.80 Å². The first-order valence-corrected chi connectivity index (χ1v) is 12.1. The van der Waals surface area contributed by atoms with E-state index in [0.717, 1.165) is 30.9 Å². The number of amides is 1. The van der Waals surface area contributed by atoms with Gasteiger partial charge in [-0.15, -0.1) is 0 Å². The van der Waals surface area contributed by atoms with Crippen molar-refractivity contribution < 1.29 is 19.4 Å². The minimum absolute atomic E-state index is 0.0413. The molecule has 2 aliphatic heterocycles. The fourth-order valence-electron chi connectivity index (χ4n) is 4.33. The molecule has 178 valence electrons. The lowest BCUT2D eigenvalue weighted by Gasteiger charge is -2.36. The first-order valence-electron chi connectivity index (χ1n) is 12.1. The van der Waals surface area contributed by atoms with E-state index in [9.17, 15) is 9.90 Å². The number of aliphatic hydroxyl groups excluding tert-OH is 1.